The van der Waals surface area contributed by atoms with Crippen molar-refractivity contribution in [3.8, 4) is 50.7 Å². The Hall–Kier alpha value is -6.78. The van der Waals surface area contributed by atoms with Crippen LogP contribution in [0.2, 0.25) is 0 Å². The quantitative estimate of drug-likeness (QED) is 0.188. The minimum Gasteiger partial charge on any atom is -0.455 e. The summed E-state index contributed by atoms with van der Waals surface area (Å²) in [5.41, 5.74) is 12.2. The third kappa shape index (κ3) is 4.54. The van der Waals surface area contributed by atoms with Crippen molar-refractivity contribution in [1.82, 2.24) is 14.5 Å². The molecule has 0 saturated carbocycles. The van der Waals surface area contributed by atoms with Crippen LogP contribution in [-0.4, -0.2) is 14.5 Å². The molecule has 0 radical (unpaired) electrons. The van der Waals surface area contributed by atoms with Crippen molar-refractivity contribution < 1.29 is 4.42 Å². The van der Waals surface area contributed by atoms with E-state index >= 15 is 0 Å². The molecule has 0 aliphatic carbocycles. The van der Waals surface area contributed by atoms with Crippen LogP contribution in [0.25, 0.3) is 94.5 Å². The molecule has 234 valence electrons. The largest absolute Gasteiger partial charge is 0.455 e. The van der Waals surface area contributed by atoms with Crippen molar-refractivity contribution in [1.29, 1.82) is 0 Å². The van der Waals surface area contributed by atoms with Gasteiger partial charge in [-0.05, 0) is 42.0 Å². The van der Waals surface area contributed by atoms with Crippen LogP contribution in [-0.2, 0) is 0 Å². The summed E-state index contributed by atoms with van der Waals surface area (Å²) in [5, 5.41) is 4.62. The van der Waals surface area contributed by atoms with Crippen LogP contribution in [0.1, 0.15) is 0 Å². The first-order chi connectivity index (χ1) is 24.8. The smallest absolute Gasteiger partial charge is 0.160 e. The van der Waals surface area contributed by atoms with E-state index in [0.29, 0.717) is 5.82 Å². The monoisotopic (exact) mass is 639 g/mol. The Kier molecular flexibility index (Phi) is 6.46. The van der Waals surface area contributed by atoms with Crippen molar-refractivity contribution in [3.63, 3.8) is 0 Å². The molecule has 3 heterocycles. The summed E-state index contributed by atoms with van der Waals surface area (Å²) >= 11 is 0. The minimum atomic E-state index is 0.705. The average molecular weight is 640 g/mol. The van der Waals surface area contributed by atoms with E-state index < -0.39 is 0 Å². The normalized spacial score (nSPS) is 11.6. The molecule has 0 fully saturated rings. The first-order valence-electron chi connectivity index (χ1n) is 16.8. The summed E-state index contributed by atoms with van der Waals surface area (Å²) in [7, 11) is 0. The van der Waals surface area contributed by atoms with E-state index in [9.17, 15) is 0 Å². The van der Waals surface area contributed by atoms with Crippen LogP contribution in [0.3, 0.4) is 0 Å². The van der Waals surface area contributed by atoms with Gasteiger partial charge in [0.25, 0.3) is 0 Å². The maximum Gasteiger partial charge on any atom is 0.160 e. The maximum absolute atomic E-state index is 6.68. The van der Waals surface area contributed by atoms with Gasteiger partial charge in [0, 0.05) is 44.1 Å². The van der Waals surface area contributed by atoms with Gasteiger partial charge in [0.15, 0.2) is 5.82 Å². The Bertz CT molecular complexity index is 2780. The van der Waals surface area contributed by atoms with Gasteiger partial charge in [0.1, 0.15) is 11.2 Å². The fraction of sp³-hybridized carbons (Fsp3) is 0. The molecule has 10 aromatic rings. The summed E-state index contributed by atoms with van der Waals surface area (Å²) in [6.45, 7) is 0. The third-order valence-electron chi connectivity index (χ3n) is 9.61. The van der Waals surface area contributed by atoms with Crippen LogP contribution in [0.15, 0.2) is 180 Å². The van der Waals surface area contributed by atoms with Gasteiger partial charge in [-0.15, -0.1) is 0 Å². The number of rotatable bonds is 5. The highest BCUT2D eigenvalue weighted by Gasteiger charge is 2.22. The van der Waals surface area contributed by atoms with E-state index in [1.165, 1.54) is 10.8 Å². The molecule has 10 rings (SSSR count). The molecule has 7 aromatic carbocycles. The Morgan fingerprint density at radius 1 is 0.440 bits per heavy atom. The van der Waals surface area contributed by atoms with Gasteiger partial charge in [-0.3, -0.25) is 0 Å². The number of aromatic nitrogens is 3. The van der Waals surface area contributed by atoms with Crippen molar-refractivity contribution in [3.05, 3.63) is 176 Å². The molecule has 0 aliphatic heterocycles. The number of nitrogens with zero attached hydrogens (tertiary/aromatic N) is 3. The van der Waals surface area contributed by atoms with Crippen LogP contribution in [0, 0.1) is 0 Å². The predicted molar refractivity (Wildman–Crippen MR) is 205 cm³/mol. The van der Waals surface area contributed by atoms with E-state index in [1.807, 2.05) is 42.5 Å². The lowest BCUT2D eigenvalue weighted by atomic mass is 9.98. The minimum absolute atomic E-state index is 0.705. The lowest BCUT2D eigenvalue weighted by Crippen LogP contribution is -1.97. The lowest BCUT2D eigenvalue weighted by molar-refractivity contribution is 0.670. The van der Waals surface area contributed by atoms with E-state index in [1.54, 1.807) is 0 Å². The molecule has 3 aromatic heterocycles. The predicted octanol–water partition coefficient (Wildman–Crippen LogP) is 12.1. The molecule has 0 bridgehead atoms. The lowest BCUT2D eigenvalue weighted by Gasteiger charge is -2.12. The number of fused-ring (bicyclic) bond motifs is 7. The van der Waals surface area contributed by atoms with Gasteiger partial charge in [0.05, 0.1) is 27.8 Å². The fourth-order valence-corrected chi connectivity index (χ4v) is 7.29. The van der Waals surface area contributed by atoms with E-state index in [2.05, 4.69) is 138 Å². The summed E-state index contributed by atoms with van der Waals surface area (Å²) < 4.78 is 9.06. The van der Waals surface area contributed by atoms with Gasteiger partial charge in [0.2, 0.25) is 0 Å². The first kappa shape index (κ1) is 28.3. The number of furan rings is 1. The van der Waals surface area contributed by atoms with Crippen molar-refractivity contribution in [2.24, 2.45) is 0 Å². The molecule has 50 heavy (non-hydrogen) atoms. The Morgan fingerprint density at radius 3 is 1.70 bits per heavy atom. The number of para-hydroxylation sites is 2. The molecular formula is C46H29N3O. The zero-order valence-electron chi connectivity index (χ0n) is 27.0. The molecule has 4 nitrogen and oxygen atoms in total. The van der Waals surface area contributed by atoms with Crippen LogP contribution < -0.4 is 0 Å². The molecule has 4 heteroatoms. The Morgan fingerprint density at radius 2 is 1.00 bits per heavy atom. The first-order valence-corrected chi connectivity index (χ1v) is 16.8. The second kappa shape index (κ2) is 11.4. The summed E-state index contributed by atoms with van der Waals surface area (Å²) in [6.07, 6.45) is 0. The van der Waals surface area contributed by atoms with Crippen molar-refractivity contribution >= 4 is 43.7 Å². The highest BCUT2D eigenvalue weighted by Crippen LogP contribution is 2.45. The van der Waals surface area contributed by atoms with Crippen LogP contribution in [0.4, 0.5) is 0 Å². The van der Waals surface area contributed by atoms with E-state index in [4.69, 9.17) is 14.4 Å². The molecule has 0 aliphatic rings. The van der Waals surface area contributed by atoms with Crippen LogP contribution in [0.5, 0.6) is 0 Å². The molecule has 0 N–H and O–H groups in total. The van der Waals surface area contributed by atoms with Gasteiger partial charge in [-0.2, -0.15) is 0 Å². The highest BCUT2D eigenvalue weighted by molar-refractivity contribution is 6.27. The highest BCUT2D eigenvalue weighted by atomic mass is 16.3. The molecule has 0 amide bonds. The summed E-state index contributed by atoms with van der Waals surface area (Å²) in [4.78, 5) is 10.0. The second-order valence-corrected chi connectivity index (χ2v) is 12.6. The molecular weight excluding hydrogens is 611 g/mol. The van der Waals surface area contributed by atoms with E-state index in [0.717, 1.165) is 77.9 Å². The van der Waals surface area contributed by atoms with Crippen molar-refractivity contribution in [2.45, 2.75) is 0 Å². The maximum atomic E-state index is 6.68. The molecule has 0 spiro atoms. The zero-order chi connectivity index (χ0) is 33.0. The van der Waals surface area contributed by atoms with Crippen LogP contribution >= 0.6 is 0 Å². The number of hydrogen-bond donors (Lipinski definition) is 0. The number of hydrogen-bond acceptors (Lipinski definition) is 3. The summed E-state index contributed by atoms with van der Waals surface area (Å²) in [6, 6.07) is 61.2. The third-order valence-corrected chi connectivity index (χ3v) is 9.61. The van der Waals surface area contributed by atoms with Gasteiger partial charge in [-0.1, -0.05) is 140 Å². The topological polar surface area (TPSA) is 43.9 Å². The summed E-state index contributed by atoms with van der Waals surface area (Å²) in [5.74, 6) is 0.705. The molecule has 0 unspecified atom stereocenters. The average Bonchev–Trinajstić information content (AvgIpc) is 3.75. The van der Waals surface area contributed by atoms with Gasteiger partial charge < -0.3 is 8.98 Å². The van der Waals surface area contributed by atoms with E-state index in [-0.39, 0.29) is 0 Å². The number of benzene rings is 7. The zero-order valence-corrected chi connectivity index (χ0v) is 27.0. The SMILES string of the molecule is c1ccc(-c2cc(-c3ccc(-n4c5ccccc5c5cc(-c6ccccc6)c6oc7ccccc7c6c54)cc3)nc(-c3ccccc3)n2)cc1. The fourth-order valence-electron chi connectivity index (χ4n) is 7.29. The Balaban J connectivity index is 1.20. The molecule has 0 saturated heterocycles. The second-order valence-electron chi connectivity index (χ2n) is 12.6. The standard InChI is InChI=1S/C46H29N3O/c1-4-14-30(15-5-1)37-28-38-35-20-10-12-22-41(35)49(44(38)43-36-21-11-13-23-42(36)50-45(37)43)34-26-24-32(25-27-34)40-29-39(31-16-6-2-7-17-31)47-46(48-40)33-18-8-3-9-19-33/h1-29H. The molecule has 0 atom stereocenters. The Labute approximate surface area is 288 Å². The van der Waals surface area contributed by atoms with Gasteiger partial charge in [-0.25, -0.2) is 9.97 Å². The van der Waals surface area contributed by atoms with Crippen molar-refractivity contribution in [2.75, 3.05) is 0 Å². The van der Waals surface area contributed by atoms with Gasteiger partial charge >= 0.3 is 0 Å².